The number of hydrogen-bond donors (Lipinski definition) is 0. The van der Waals surface area contributed by atoms with Gasteiger partial charge in [0.1, 0.15) is 5.56 Å². The molecule has 1 saturated carbocycles. The Balaban J connectivity index is 2.16. The summed E-state index contributed by atoms with van der Waals surface area (Å²) in [5.74, 6) is 0.668. The van der Waals surface area contributed by atoms with Gasteiger partial charge in [-0.15, -0.1) is 0 Å². The Hall–Kier alpha value is -1.22. The average Bonchev–Trinajstić information content (AvgIpc) is 3.11. The molecule has 2 rings (SSSR count). The molecular weight excluding hydrogens is 240 g/mol. The van der Waals surface area contributed by atoms with Gasteiger partial charge >= 0.3 is 5.97 Å². The Labute approximate surface area is 106 Å². The van der Waals surface area contributed by atoms with Crippen LogP contribution in [-0.2, 0) is 4.74 Å². The van der Waals surface area contributed by atoms with Gasteiger partial charge in [-0.3, -0.25) is 0 Å². The lowest BCUT2D eigenvalue weighted by Crippen LogP contribution is -2.09. The van der Waals surface area contributed by atoms with E-state index in [0.717, 1.165) is 0 Å². The highest BCUT2D eigenvalue weighted by atomic mass is 35.5. The molecule has 4 heteroatoms. The van der Waals surface area contributed by atoms with E-state index >= 15 is 0 Å². The van der Waals surface area contributed by atoms with E-state index in [1.54, 1.807) is 25.1 Å². The highest BCUT2D eigenvalue weighted by Gasteiger charge is 2.24. The third kappa shape index (κ3) is 3.13. The fourth-order valence-corrected chi connectivity index (χ4v) is 1.74. The van der Waals surface area contributed by atoms with Crippen LogP contribution < -0.4 is 4.74 Å². The molecule has 92 valence electrons. The van der Waals surface area contributed by atoms with E-state index in [4.69, 9.17) is 21.1 Å². The second-order valence-corrected chi connectivity index (χ2v) is 4.50. The fourth-order valence-electron chi connectivity index (χ4n) is 1.51. The molecule has 1 aromatic rings. The molecule has 3 nitrogen and oxygen atoms in total. The van der Waals surface area contributed by atoms with Crippen LogP contribution in [0.4, 0.5) is 0 Å². The minimum Gasteiger partial charge on any atom is -0.491 e. The lowest BCUT2D eigenvalue weighted by molar-refractivity contribution is 0.0521. The smallest absolute Gasteiger partial charge is 0.341 e. The summed E-state index contributed by atoms with van der Waals surface area (Å²) in [7, 11) is 0. The number of benzene rings is 1. The van der Waals surface area contributed by atoms with Crippen molar-refractivity contribution in [2.75, 3.05) is 13.2 Å². The van der Waals surface area contributed by atoms with Gasteiger partial charge in [0.15, 0.2) is 5.75 Å². The van der Waals surface area contributed by atoms with Crippen LogP contribution in [0.2, 0.25) is 5.02 Å². The zero-order valence-electron chi connectivity index (χ0n) is 9.74. The van der Waals surface area contributed by atoms with Gasteiger partial charge in [-0.2, -0.15) is 0 Å². The van der Waals surface area contributed by atoms with E-state index in [1.807, 2.05) is 0 Å². The molecule has 1 aliphatic rings. The molecule has 0 aliphatic heterocycles. The Morgan fingerprint density at radius 1 is 1.47 bits per heavy atom. The summed E-state index contributed by atoms with van der Waals surface area (Å²) in [5.41, 5.74) is 0.403. The number of rotatable bonds is 5. The zero-order valence-corrected chi connectivity index (χ0v) is 10.5. The number of carbonyl (C=O) groups is 1. The molecule has 0 aromatic heterocycles. The van der Waals surface area contributed by atoms with Crippen molar-refractivity contribution >= 4 is 17.6 Å². The normalized spacial score (nSPS) is 14.5. The fraction of sp³-hybridized carbons (Fsp3) is 0.462. The van der Waals surface area contributed by atoms with Crippen molar-refractivity contribution in [1.29, 1.82) is 0 Å². The molecule has 0 N–H and O–H groups in total. The van der Waals surface area contributed by atoms with E-state index < -0.39 is 0 Å². The van der Waals surface area contributed by atoms with Gasteiger partial charge in [-0.25, -0.2) is 4.79 Å². The van der Waals surface area contributed by atoms with Crippen LogP contribution in [0.5, 0.6) is 5.75 Å². The van der Waals surface area contributed by atoms with E-state index in [1.165, 1.54) is 12.8 Å². The van der Waals surface area contributed by atoms with E-state index in [2.05, 4.69) is 0 Å². The lowest BCUT2D eigenvalue weighted by Gasteiger charge is -2.11. The SMILES string of the molecule is CCOC(=O)c1cccc(Cl)c1OCC1CC1. The molecule has 1 fully saturated rings. The van der Waals surface area contributed by atoms with Crippen LogP contribution in [0.1, 0.15) is 30.1 Å². The second-order valence-electron chi connectivity index (χ2n) is 4.09. The van der Waals surface area contributed by atoms with Gasteiger partial charge in [-0.05, 0) is 37.8 Å². The molecule has 0 spiro atoms. The number of ether oxygens (including phenoxy) is 2. The summed E-state index contributed by atoms with van der Waals surface area (Å²) < 4.78 is 10.6. The highest BCUT2D eigenvalue weighted by Crippen LogP contribution is 2.33. The number of para-hydroxylation sites is 1. The van der Waals surface area contributed by atoms with Gasteiger partial charge in [0, 0.05) is 0 Å². The summed E-state index contributed by atoms with van der Waals surface area (Å²) in [5, 5.41) is 0.455. The van der Waals surface area contributed by atoms with Gasteiger partial charge in [0.2, 0.25) is 0 Å². The van der Waals surface area contributed by atoms with Crippen molar-refractivity contribution in [3.63, 3.8) is 0 Å². The topological polar surface area (TPSA) is 35.5 Å². The third-order valence-electron chi connectivity index (χ3n) is 2.62. The van der Waals surface area contributed by atoms with E-state index in [0.29, 0.717) is 35.5 Å². The summed E-state index contributed by atoms with van der Waals surface area (Å²) in [6.07, 6.45) is 2.39. The first-order valence-corrected chi connectivity index (χ1v) is 6.18. The second kappa shape index (κ2) is 5.41. The van der Waals surface area contributed by atoms with Crippen LogP contribution in [0.3, 0.4) is 0 Å². The molecule has 0 bridgehead atoms. The summed E-state index contributed by atoms with van der Waals surface area (Å²) in [6.45, 7) is 2.73. The van der Waals surface area contributed by atoms with Crippen LogP contribution in [0, 0.1) is 5.92 Å². The lowest BCUT2D eigenvalue weighted by atomic mass is 10.2. The molecule has 0 radical (unpaired) electrons. The molecule has 0 atom stereocenters. The van der Waals surface area contributed by atoms with E-state index in [9.17, 15) is 4.79 Å². The van der Waals surface area contributed by atoms with Crippen LogP contribution in [0.15, 0.2) is 18.2 Å². The van der Waals surface area contributed by atoms with Crippen molar-refractivity contribution in [3.05, 3.63) is 28.8 Å². The van der Waals surface area contributed by atoms with Gasteiger partial charge in [-0.1, -0.05) is 17.7 Å². The van der Waals surface area contributed by atoms with Crippen LogP contribution in [0.25, 0.3) is 0 Å². The maximum atomic E-state index is 11.7. The average molecular weight is 255 g/mol. The van der Waals surface area contributed by atoms with Crippen molar-refractivity contribution in [2.45, 2.75) is 19.8 Å². The first kappa shape index (κ1) is 12.2. The van der Waals surface area contributed by atoms with Crippen molar-refractivity contribution in [3.8, 4) is 5.75 Å². The number of halogens is 1. The van der Waals surface area contributed by atoms with Gasteiger partial charge in [0.05, 0.1) is 18.2 Å². The Morgan fingerprint density at radius 3 is 2.88 bits per heavy atom. The molecule has 0 saturated heterocycles. The Kier molecular flexibility index (Phi) is 3.89. The third-order valence-corrected chi connectivity index (χ3v) is 2.92. The monoisotopic (exact) mass is 254 g/mol. The van der Waals surface area contributed by atoms with Crippen LogP contribution in [-0.4, -0.2) is 19.2 Å². The van der Waals surface area contributed by atoms with Gasteiger partial charge < -0.3 is 9.47 Å². The minimum atomic E-state index is -0.388. The maximum absolute atomic E-state index is 11.7. The molecule has 17 heavy (non-hydrogen) atoms. The largest absolute Gasteiger partial charge is 0.491 e. The zero-order chi connectivity index (χ0) is 12.3. The van der Waals surface area contributed by atoms with Crippen molar-refractivity contribution in [2.24, 2.45) is 5.92 Å². The molecule has 0 unspecified atom stereocenters. The minimum absolute atomic E-state index is 0.341. The van der Waals surface area contributed by atoms with E-state index in [-0.39, 0.29) is 5.97 Å². The molecule has 1 aromatic carbocycles. The molecule has 0 amide bonds. The number of hydrogen-bond acceptors (Lipinski definition) is 3. The standard InChI is InChI=1S/C13H15ClO3/c1-2-16-13(15)10-4-3-5-11(14)12(10)17-8-9-6-7-9/h3-5,9H,2,6-8H2,1H3. The summed E-state index contributed by atoms with van der Waals surface area (Å²) >= 11 is 6.04. The predicted octanol–water partition coefficient (Wildman–Crippen LogP) is 3.31. The summed E-state index contributed by atoms with van der Waals surface area (Å²) in [4.78, 5) is 11.7. The van der Waals surface area contributed by atoms with Crippen molar-refractivity contribution in [1.82, 2.24) is 0 Å². The van der Waals surface area contributed by atoms with Gasteiger partial charge in [0.25, 0.3) is 0 Å². The molecule has 1 aliphatic carbocycles. The first-order chi connectivity index (χ1) is 8.22. The first-order valence-electron chi connectivity index (χ1n) is 5.80. The number of carbonyl (C=O) groups excluding carboxylic acids is 1. The van der Waals surface area contributed by atoms with Crippen molar-refractivity contribution < 1.29 is 14.3 Å². The Morgan fingerprint density at radius 2 is 2.24 bits per heavy atom. The summed E-state index contributed by atoms with van der Waals surface area (Å²) in [6, 6.07) is 5.11. The predicted molar refractivity (Wildman–Crippen MR) is 65.6 cm³/mol. The Bertz CT molecular complexity index is 413. The van der Waals surface area contributed by atoms with Crippen LogP contribution >= 0.6 is 11.6 Å². The molecule has 0 heterocycles. The maximum Gasteiger partial charge on any atom is 0.341 e. The quantitative estimate of drug-likeness (QED) is 0.757. The number of esters is 1. The highest BCUT2D eigenvalue weighted by molar-refractivity contribution is 6.32. The molecular formula is C13H15ClO3.